The number of carbonyl (C=O) groups is 1. The number of alkyl halides is 2. The Kier molecular flexibility index (Phi) is 2.98. The molecule has 0 fully saturated rings. The van der Waals surface area contributed by atoms with E-state index in [1.165, 1.54) is 0 Å². The molecule has 1 aromatic rings. The van der Waals surface area contributed by atoms with Crippen LogP contribution >= 0.6 is 0 Å². The molecule has 0 spiro atoms. The Morgan fingerprint density at radius 3 is 2.53 bits per heavy atom. The standard InChI is InChI=1S/C7H3F3N2O3/c8-4-1-11-7(12(14)15)5(6(9)10)3(4)2-13/h1-2,6H. The zero-order valence-corrected chi connectivity index (χ0v) is 6.99. The average molecular weight is 220 g/mol. The van der Waals surface area contributed by atoms with Crippen LogP contribution in [0.3, 0.4) is 0 Å². The number of nitro groups is 1. The molecule has 0 aliphatic heterocycles. The summed E-state index contributed by atoms with van der Waals surface area (Å²) in [6, 6.07) is 0. The second-order valence-electron chi connectivity index (χ2n) is 2.43. The number of nitrogens with zero attached hydrogens (tertiary/aromatic N) is 2. The molecule has 1 heterocycles. The molecular formula is C7H3F3N2O3. The van der Waals surface area contributed by atoms with Gasteiger partial charge in [-0.3, -0.25) is 4.79 Å². The first-order chi connectivity index (χ1) is 6.99. The van der Waals surface area contributed by atoms with Crippen molar-refractivity contribution in [1.29, 1.82) is 0 Å². The SMILES string of the molecule is O=Cc1c(F)cnc([N+](=O)[O-])c1C(F)F. The van der Waals surface area contributed by atoms with Crippen LogP contribution in [0.1, 0.15) is 22.3 Å². The van der Waals surface area contributed by atoms with E-state index in [2.05, 4.69) is 4.98 Å². The number of hydrogen-bond donors (Lipinski definition) is 0. The van der Waals surface area contributed by atoms with Gasteiger partial charge in [0, 0.05) is 0 Å². The number of pyridine rings is 1. The molecule has 0 saturated carbocycles. The van der Waals surface area contributed by atoms with E-state index in [0.717, 1.165) is 0 Å². The highest BCUT2D eigenvalue weighted by atomic mass is 19.3. The lowest BCUT2D eigenvalue weighted by molar-refractivity contribution is -0.391. The molecule has 0 N–H and O–H groups in total. The average Bonchev–Trinajstić information content (AvgIpc) is 2.16. The van der Waals surface area contributed by atoms with Crippen molar-refractivity contribution in [1.82, 2.24) is 4.98 Å². The maximum atomic E-state index is 12.8. The minimum Gasteiger partial charge on any atom is -0.358 e. The summed E-state index contributed by atoms with van der Waals surface area (Å²) in [6.07, 6.45) is -3.19. The highest BCUT2D eigenvalue weighted by molar-refractivity contribution is 5.79. The summed E-state index contributed by atoms with van der Waals surface area (Å²) in [6.45, 7) is 0. The summed E-state index contributed by atoms with van der Waals surface area (Å²) in [5.74, 6) is -2.53. The molecule has 15 heavy (non-hydrogen) atoms. The zero-order valence-electron chi connectivity index (χ0n) is 6.99. The fourth-order valence-corrected chi connectivity index (χ4v) is 0.986. The summed E-state index contributed by atoms with van der Waals surface area (Å²) in [5.41, 5.74) is -2.33. The molecule has 0 radical (unpaired) electrons. The van der Waals surface area contributed by atoms with Crippen LogP contribution in [0.5, 0.6) is 0 Å². The van der Waals surface area contributed by atoms with E-state index in [9.17, 15) is 28.1 Å². The van der Waals surface area contributed by atoms with Gasteiger partial charge < -0.3 is 10.1 Å². The van der Waals surface area contributed by atoms with Gasteiger partial charge in [-0.15, -0.1) is 0 Å². The second kappa shape index (κ2) is 4.03. The Balaban J connectivity index is 3.56. The highest BCUT2D eigenvalue weighted by Crippen LogP contribution is 2.30. The van der Waals surface area contributed by atoms with Crippen molar-refractivity contribution in [3.05, 3.63) is 33.3 Å². The van der Waals surface area contributed by atoms with E-state index in [4.69, 9.17) is 0 Å². The number of hydrogen-bond acceptors (Lipinski definition) is 4. The van der Waals surface area contributed by atoms with Gasteiger partial charge in [0.15, 0.2) is 18.3 Å². The zero-order chi connectivity index (χ0) is 11.6. The van der Waals surface area contributed by atoms with E-state index in [-0.39, 0.29) is 6.29 Å². The molecule has 8 heteroatoms. The molecule has 0 aliphatic carbocycles. The van der Waals surface area contributed by atoms with E-state index < -0.39 is 34.1 Å². The lowest BCUT2D eigenvalue weighted by Gasteiger charge is -2.03. The van der Waals surface area contributed by atoms with E-state index in [0.29, 0.717) is 6.20 Å². The van der Waals surface area contributed by atoms with Crippen LogP contribution in [-0.4, -0.2) is 16.2 Å². The molecule has 80 valence electrons. The van der Waals surface area contributed by atoms with Crippen LogP contribution in [0.25, 0.3) is 0 Å². The molecule has 1 aromatic heterocycles. The molecule has 0 amide bonds. The third kappa shape index (κ3) is 1.92. The monoisotopic (exact) mass is 220 g/mol. The molecule has 0 aliphatic rings. The summed E-state index contributed by atoms with van der Waals surface area (Å²) in [5, 5.41) is 10.3. The Morgan fingerprint density at radius 2 is 2.13 bits per heavy atom. The fourth-order valence-electron chi connectivity index (χ4n) is 0.986. The van der Waals surface area contributed by atoms with Crippen LogP contribution in [-0.2, 0) is 0 Å². The lowest BCUT2D eigenvalue weighted by atomic mass is 10.1. The van der Waals surface area contributed by atoms with Crippen molar-refractivity contribution >= 4 is 12.1 Å². The highest BCUT2D eigenvalue weighted by Gasteiger charge is 2.29. The van der Waals surface area contributed by atoms with Crippen LogP contribution in [0.2, 0.25) is 0 Å². The normalized spacial score (nSPS) is 10.4. The van der Waals surface area contributed by atoms with Crippen molar-refractivity contribution in [3.63, 3.8) is 0 Å². The Labute approximate surface area is 80.7 Å². The minimum absolute atomic E-state index is 0.203. The number of halogens is 3. The second-order valence-corrected chi connectivity index (χ2v) is 2.43. The van der Waals surface area contributed by atoms with Gasteiger partial charge in [-0.05, 0) is 9.91 Å². The molecule has 0 bridgehead atoms. The van der Waals surface area contributed by atoms with Crippen LogP contribution in [0, 0.1) is 15.9 Å². The quantitative estimate of drug-likeness (QED) is 0.442. The van der Waals surface area contributed by atoms with Crippen LogP contribution in [0.4, 0.5) is 19.0 Å². The summed E-state index contributed by atoms with van der Waals surface area (Å²) >= 11 is 0. The minimum atomic E-state index is -3.34. The summed E-state index contributed by atoms with van der Waals surface area (Å²) < 4.78 is 37.5. The van der Waals surface area contributed by atoms with Crippen molar-refractivity contribution in [2.45, 2.75) is 6.43 Å². The first-order valence-corrected chi connectivity index (χ1v) is 3.55. The molecule has 5 nitrogen and oxygen atoms in total. The predicted molar refractivity (Wildman–Crippen MR) is 41.2 cm³/mol. The summed E-state index contributed by atoms with van der Waals surface area (Å²) in [7, 11) is 0. The smallest absolute Gasteiger partial charge is 0.358 e. The van der Waals surface area contributed by atoms with Crippen molar-refractivity contribution < 1.29 is 22.9 Å². The molecule has 1 rings (SSSR count). The molecular weight excluding hydrogens is 217 g/mol. The van der Waals surface area contributed by atoms with E-state index in [1.807, 2.05) is 0 Å². The number of rotatable bonds is 3. The van der Waals surface area contributed by atoms with Gasteiger partial charge in [0.2, 0.25) is 0 Å². The van der Waals surface area contributed by atoms with Crippen molar-refractivity contribution in [2.24, 2.45) is 0 Å². The summed E-state index contributed by atoms with van der Waals surface area (Å²) in [4.78, 5) is 22.3. The third-order valence-corrected chi connectivity index (χ3v) is 1.60. The third-order valence-electron chi connectivity index (χ3n) is 1.60. The Morgan fingerprint density at radius 1 is 1.53 bits per heavy atom. The first-order valence-electron chi connectivity index (χ1n) is 3.55. The van der Waals surface area contributed by atoms with Gasteiger partial charge in [-0.1, -0.05) is 0 Å². The predicted octanol–water partition coefficient (Wildman–Crippen LogP) is 1.88. The Bertz CT molecular complexity index is 422. The van der Waals surface area contributed by atoms with Gasteiger partial charge in [-0.2, -0.15) is 0 Å². The molecule has 0 aromatic carbocycles. The van der Waals surface area contributed by atoms with Gasteiger partial charge in [0.05, 0.1) is 5.56 Å². The Hall–Kier alpha value is -1.99. The lowest BCUT2D eigenvalue weighted by Crippen LogP contribution is -2.05. The van der Waals surface area contributed by atoms with Gasteiger partial charge in [0.25, 0.3) is 6.43 Å². The molecule has 0 saturated heterocycles. The number of aldehydes is 1. The molecule has 0 unspecified atom stereocenters. The first kappa shape index (κ1) is 11.1. The largest absolute Gasteiger partial charge is 0.373 e. The fraction of sp³-hybridized carbons (Fsp3) is 0.143. The number of carbonyl (C=O) groups excluding carboxylic acids is 1. The van der Waals surface area contributed by atoms with Gasteiger partial charge in [0.1, 0.15) is 5.56 Å². The topological polar surface area (TPSA) is 73.1 Å². The van der Waals surface area contributed by atoms with Crippen molar-refractivity contribution in [3.8, 4) is 0 Å². The van der Waals surface area contributed by atoms with Gasteiger partial charge >= 0.3 is 5.82 Å². The maximum absolute atomic E-state index is 12.8. The van der Waals surface area contributed by atoms with Gasteiger partial charge in [-0.25, -0.2) is 13.2 Å². The molecule has 0 atom stereocenters. The maximum Gasteiger partial charge on any atom is 0.373 e. The number of aromatic nitrogens is 1. The van der Waals surface area contributed by atoms with Crippen LogP contribution in [0.15, 0.2) is 6.20 Å². The van der Waals surface area contributed by atoms with Crippen LogP contribution < -0.4 is 0 Å². The van der Waals surface area contributed by atoms with E-state index >= 15 is 0 Å². The van der Waals surface area contributed by atoms with E-state index in [1.54, 1.807) is 0 Å². The van der Waals surface area contributed by atoms with Crippen molar-refractivity contribution in [2.75, 3.05) is 0 Å².